The average Bonchev–Trinajstić information content (AvgIpc) is 3.46. The minimum atomic E-state index is -5.08. The Balaban J connectivity index is 0.000000532. The van der Waals surface area contributed by atoms with Crippen LogP contribution in [0.2, 0.25) is 0 Å². The van der Waals surface area contributed by atoms with Gasteiger partial charge in [-0.15, -0.1) is 10.2 Å². The lowest BCUT2D eigenvalue weighted by Gasteiger charge is -2.13. The van der Waals surface area contributed by atoms with Crippen molar-refractivity contribution in [3.8, 4) is 28.6 Å². The highest BCUT2D eigenvalue weighted by molar-refractivity contribution is 6.17. The Hall–Kier alpha value is -5.01. The minimum Gasteiger partial charge on any atom is -0.493 e. The van der Waals surface area contributed by atoms with Gasteiger partial charge in [-0.25, -0.2) is 4.79 Å². The molecule has 2 aromatic carbocycles. The smallest absolute Gasteiger partial charge is 0.490 e. The molecule has 0 aliphatic heterocycles. The fourth-order valence-corrected chi connectivity index (χ4v) is 3.31. The summed E-state index contributed by atoms with van der Waals surface area (Å²) in [7, 11) is 3.08. The Morgan fingerprint density at radius 2 is 1.74 bits per heavy atom. The maximum atomic E-state index is 13.4. The van der Waals surface area contributed by atoms with Gasteiger partial charge in [0.2, 0.25) is 11.6 Å². The number of aromatic nitrogens is 5. The molecule has 0 fully saturated rings. The van der Waals surface area contributed by atoms with Crippen molar-refractivity contribution in [3.63, 3.8) is 0 Å². The van der Waals surface area contributed by atoms with E-state index < -0.39 is 12.1 Å². The van der Waals surface area contributed by atoms with E-state index in [1.54, 1.807) is 49.7 Å². The average molecular weight is 545 g/mol. The van der Waals surface area contributed by atoms with E-state index in [1.165, 1.54) is 7.11 Å². The number of ether oxygens (including phenoxy) is 3. The predicted molar refractivity (Wildman–Crippen MR) is 132 cm³/mol. The van der Waals surface area contributed by atoms with Crippen LogP contribution in [0.15, 0.2) is 54.7 Å². The third-order valence-electron chi connectivity index (χ3n) is 5.11. The van der Waals surface area contributed by atoms with Gasteiger partial charge in [0.05, 0.1) is 14.2 Å². The van der Waals surface area contributed by atoms with Crippen LogP contribution in [0.25, 0.3) is 22.2 Å². The van der Waals surface area contributed by atoms with Gasteiger partial charge in [0.1, 0.15) is 18.1 Å². The summed E-state index contributed by atoms with van der Waals surface area (Å²) < 4.78 is 48.3. The normalized spacial score (nSPS) is 11.1. The predicted octanol–water partition coefficient (Wildman–Crippen LogP) is 4.25. The van der Waals surface area contributed by atoms with Gasteiger partial charge < -0.3 is 19.3 Å². The topological polar surface area (TPSA) is 149 Å². The summed E-state index contributed by atoms with van der Waals surface area (Å²) in [5.41, 5.74) is 1.33. The highest BCUT2D eigenvalue weighted by atomic mass is 19.4. The van der Waals surface area contributed by atoms with Crippen molar-refractivity contribution in [1.82, 2.24) is 25.6 Å². The molecule has 4 rings (SSSR count). The first-order valence-electron chi connectivity index (χ1n) is 11.1. The maximum Gasteiger partial charge on any atom is 0.490 e. The third-order valence-corrected chi connectivity index (χ3v) is 5.11. The minimum absolute atomic E-state index is 0.252. The number of methoxy groups -OCH3 is 2. The number of hydrogen-bond donors (Lipinski definition) is 2. The van der Waals surface area contributed by atoms with Crippen LogP contribution in [0.5, 0.6) is 17.2 Å². The van der Waals surface area contributed by atoms with Gasteiger partial charge in [-0.1, -0.05) is 24.3 Å². The van der Waals surface area contributed by atoms with Crippen molar-refractivity contribution in [2.24, 2.45) is 0 Å². The van der Waals surface area contributed by atoms with Crippen molar-refractivity contribution < 1.29 is 42.1 Å². The summed E-state index contributed by atoms with van der Waals surface area (Å²) >= 11 is 0. The van der Waals surface area contributed by atoms with Crippen molar-refractivity contribution in [3.05, 3.63) is 66.0 Å². The zero-order chi connectivity index (χ0) is 28.6. The van der Waals surface area contributed by atoms with Crippen molar-refractivity contribution in [2.45, 2.75) is 13.1 Å². The lowest BCUT2D eigenvalue weighted by Crippen LogP contribution is -2.21. The van der Waals surface area contributed by atoms with E-state index in [2.05, 4.69) is 25.6 Å². The fraction of sp³-hybridized carbons (Fsp3) is 0.200. The van der Waals surface area contributed by atoms with Gasteiger partial charge in [-0.05, 0) is 36.4 Å². The van der Waals surface area contributed by atoms with E-state index in [0.717, 1.165) is 0 Å². The van der Waals surface area contributed by atoms with Crippen molar-refractivity contribution in [2.75, 3.05) is 20.8 Å². The monoisotopic (exact) mass is 545 g/mol. The Bertz CT molecular complexity index is 1490. The van der Waals surface area contributed by atoms with Gasteiger partial charge in [0.15, 0.2) is 11.5 Å². The number of rotatable bonds is 8. The van der Waals surface area contributed by atoms with Gasteiger partial charge in [-0.3, -0.25) is 9.78 Å². The highest BCUT2D eigenvalue weighted by Gasteiger charge is 2.38. The fourth-order valence-electron chi connectivity index (χ4n) is 3.31. The molecule has 4 aromatic rings. The van der Waals surface area contributed by atoms with Crippen LogP contribution >= 0.6 is 0 Å². The molecule has 11 nitrogen and oxygen atoms in total. The zero-order valence-corrected chi connectivity index (χ0v) is 20.8. The van der Waals surface area contributed by atoms with E-state index in [4.69, 9.17) is 24.1 Å². The molecule has 0 spiro atoms. The second kappa shape index (κ2) is 12.5. The van der Waals surface area contributed by atoms with E-state index in [-0.39, 0.29) is 11.5 Å². The number of halogens is 3. The number of alkyl halides is 3. The molecule has 0 aliphatic rings. The van der Waals surface area contributed by atoms with Crippen LogP contribution < -0.4 is 14.2 Å². The largest absolute Gasteiger partial charge is 0.493 e. The number of carbonyl (C=O) groups is 2. The Morgan fingerprint density at radius 3 is 2.31 bits per heavy atom. The van der Waals surface area contributed by atoms with Crippen LogP contribution in [0.1, 0.15) is 23.0 Å². The summed E-state index contributed by atoms with van der Waals surface area (Å²) in [6.07, 6.45) is 0.261. The number of nitrogens with one attached hydrogen (secondary N) is 1. The van der Waals surface area contributed by atoms with E-state index in [0.29, 0.717) is 51.6 Å². The summed E-state index contributed by atoms with van der Waals surface area (Å²) in [4.78, 5) is 26.8. The van der Waals surface area contributed by atoms with Crippen molar-refractivity contribution in [1.29, 1.82) is 0 Å². The number of benzene rings is 2. The molecule has 0 amide bonds. The number of pyridine rings is 1. The molecule has 0 saturated carbocycles. The van der Waals surface area contributed by atoms with Crippen LogP contribution in [0.4, 0.5) is 13.2 Å². The zero-order valence-electron chi connectivity index (χ0n) is 20.8. The van der Waals surface area contributed by atoms with E-state index in [9.17, 15) is 18.0 Å². The molecule has 0 saturated heterocycles. The number of aliphatic carboxylic acids is 1. The first-order valence-corrected chi connectivity index (χ1v) is 11.1. The van der Waals surface area contributed by atoms with Gasteiger partial charge >= 0.3 is 12.1 Å². The van der Waals surface area contributed by atoms with Crippen LogP contribution in [0.3, 0.4) is 0 Å². The molecule has 0 bridgehead atoms. The van der Waals surface area contributed by atoms with E-state index in [1.807, 2.05) is 19.1 Å². The molecule has 14 heteroatoms. The third kappa shape index (κ3) is 6.85. The molecular formula is C25H22F3N5O6. The SMILES string of the molecule is C/C=C/COc1cccc(C(=O)c2ncc(-c3nn[nH]n3)c3cc(OC)c(OC)cc23)c1.O=C(O)C(F)(F)F. The van der Waals surface area contributed by atoms with Gasteiger partial charge in [0.25, 0.3) is 0 Å². The number of aromatic amines is 1. The molecule has 2 aromatic heterocycles. The lowest BCUT2D eigenvalue weighted by molar-refractivity contribution is -0.192. The summed E-state index contributed by atoms with van der Waals surface area (Å²) in [5, 5.41) is 22.5. The number of hydrogen-bond acceptors (Lipinski definition) is 9. The van der Waals surface area contributed by atoms with Crippen LogP contribution in [-0.4, -0.2) is 69.5 Å². The molecule has 0 unspecified atom stereocenters. The Labute approximate surface area is 219 Å². The van der Waals surface area contributed by atoms with Crippen LogP contribution in [0, 0.1) is 0 Å². The second-order valence-electron chi connectivity index (χ2n) is 7.55. The van der Waals surface area contributed by atoms with Crippen molar-refractivity contribution >= 4 is 22.5 Å². The number of ketones is 1. The molecule has 2 heterocycles. The molecule has 39 heavy (non-hydrogen) atoms. The number of nitrogens with zero attached hydrogens (tertiary/aromatic N) is 4. The first kappa shape index (κ1) is 28.6. The number of allylic oxidation sites excluding steroid dienone is 1. The molecule has 0 atom stereocenters. The molecular weight excluding hydrogens is 523 g/mol. The maximum absolute atomic E-state index is 13.4. The second-order valence-corrected chi connectivity index (χ2v) is 7.55. The first-order chi connectivity index (χ1) is 18.6. The number of carboxylic acids is 1. The molecule has 2 N–H and O–H groups in total. The Kier molecular flexibility index (Phi) is 9.15. The standard InChI is InChI=1S/C23H21N5O4.C2HF3O2/c1-4-5-9-32-15-8-6-7-14(10-15)22(29)21-17-12-20(31-3)19(30-2)11-16(17)18(13-24-21)23-25-27-28-26-23;3-2(4,5)1(6)7/h4-8,10-13H,9H2,1-3H3,(H,25,26,27,28);(H,6,7)/b5-4+;. The van der Waals surface area contributed by atoms with E-state index >= 15 is 0 Å². The quantitative estimate of drug-likeness (QED) is 0.243. The Morgan fingerprint density at radius 1 is 1.08 bits per heavy atom. The number of fused-ring (bicyclic) bond motifs is 1. The summed E-state index contributed by atoms with van der Waals surface area (Å²) in [6, 6.07) is 10.5. The number of carbonyl (C=O) groups excluding carboxylic acids is 1. The van der Waals surface area contributed by atoms with Gasteiger partial charge in [-0.2, -0.15) is 18.4 Å². The highest BCUT2D eigenvalue weighted by Crippen LogP contribution is 2.37. The molecule has 0 radical (unpaired) electrons. The summed E-state index contributed by atoms with van der Waals surface area (Å²) in [5.74, 6) is -1.07. The summed E-state index contributed by atoms with van der Waals surface area (Å²) in [6.45, 7) is 2.34. The van der Waals surface area contributed by atoms with Gasteiger partial charge in [0, 0.05) is 28.1 Å². The number of carboxylic acid groups (broad SMARTS) is 1. The lowest BCUT2D eigenvalue weighted by atomic mass is 9.98. The number of tetrazole rings is 1. The number of H-pyrrole nitrogens is 1. The molecule has 0 aliphatic carbocycles. The molecule has 204 valence electrons. The van der Waals surface area contributed by atoms with Crippen LogP contribution in [-0.2, 0) is 4.79 Å².